The van der Waals surface area contributed by atoms with Gasteiger partial charge in [-0.25, -0.2) is 4.79 Å². The summed E-state index contributed by atoms with van der Waals surface area (Å²) in [6, 6.07) is 10.6. The second kappa shape index (κ2) is 11.0. The van der Waals surface area contributed by atoms with Crippen molar-refractivity contribution in [2.45, 2.75) is 19.1 Å². The molecule has 2 amide bonds. The Balaban J connectivity index is 2.03. The van der Waals surface area contributed by atoms with Gasteiger partial charge in [-0.15, -0.1) is 0 Å². The molecule has 1 unspecified atom stereocenters. The molecule has 0 aromatic heterocycles. The molecule has 2 aromatic carbocycles. The van der Waals surface area contributed by atoms with Gasteiger partial charge in [0, 0.05) is 23.3 Å². The molecule has 9 nitrogen and oxygen atoms in total. The molecule has 0 bridgehead atoms. The summed E-state index contributed by atoms with van der Waals surface area (Å²) in [7, 11) is 0. The Morgan fingerprint density at radius 1 is 1.17 bits per heavy atom. The SMILES string of the molecule is CSCCC(NC(=O)c1cccc([N+](=O)[O-])c1)C(=O)OCc1ccc(C(N)=O)cc1. The number of carbonyl (C=O) groups is 3. The van der Waals surface area contributed by atoms with Crippen molar-refractivity contribution in [3.63, 3.8) is 0 Å². The molecule has 0 saturated heterocycles. The maximum Gasteiger partial charge on any atom is 0.329 e. The number of benzene rings is 2. The van der Waals surface area contributed by atoms with Crippen molar-refractivity contribution >= 4 is 35.2 Å². The minimum Gasteiger partial charge on any atom is -0.459 e. The molecule has 1 atom stereocenters. The van der Waals surface area contributed by atoms with Gasteiger partial charge in [-0.3, -0.25) is 19.7 Å². The molecule has 0 fully saturated rings. The van der Waals surface area contributed by atoms with Crippen LogP contribution in [0.2, 0.25) is 0 Å². The van der Waals surface area contributed by atoms with Crippen LogP contribution in [0.25, 0.3) is 0 Å². The predicted octanol–water partition coefficient (Wildman–Crippen LogP) is 2.29. The van der Waals surface area contributed by atoms with Gasteiger partial charge < -0.3 is 15.8 Å². The molecule has 0 aliphatic heterocycles. The number of nitrogens with one attached hydrogen (secondary N) is 1. The van der Waals surface area contributed by atoms with E-state index in [0.29, 0.717) is 23.3 Å². The van der Waals surface area contributed by atoms with Crippen LogP contribution >= 0.6 is 11.8 Å². The van der Waals surface area contributed by atoms with E-state index < -0.39 is 28.7 Å². The van der Waals surface area contributed by atoms with Crippen molar-refractivity contribution < 1.29 is 24.0 Å². The first kappa shape index (κ1) is 22.9. The number of non-ortho nitro benzene ring substituents is 1. The Labute approximate surface area is 177 Å². The minimum absolute atomic E-state index is 0.0413. The van der Waals surface area contributed by atoms with Gasteiger partial charge in [0.15, 0.2) is 0 Å². The first-order chi connectivity index (χ1) is 14.3. The zero-order valence-corrected chi connectivity index (χ0v) is 17.0. The molecule has 3 N–H and O–H groups in total. The predicted molar refractivity (Wildman–Crippen MR) is 112 cm³/mol. The third-order valence-electron chi connectivity index (χ3n) is 4.14. The van der Waals surface area contributed by atoms with Crippen LogP contribution in [0, 0.1) is 10.1 Å². The number of esters is 1. The van der Waals surface area contributed by atoms with E-state index in [4.69, 9.17) is 10.5 Å². The number of hydrogen-bond donors (Lipinski definition) is 2. The summed E-state index contributed by atoms with van der Waals surface area (Å²) in [5.41, 5.74) is 6.04. The van der Waals surface area contributed by atoms with E-state index in [1.54, 1.807) is 12.1 Å². The van der Waals surface area contributed by atoms with Gasteiger partial charge >= 0.3 is 5.97 Å². The molecule has 2 aromatic rings. The number of ether oxygens (including phenoxy) is 1. The first-order valence-electron chi connectivity index (χ1n) is 8.91. The van der Waals surface area contributed by atoms with E-state index >= 15 is 0 Å². The van der Waals surface area contributed by atoms with Crippen LogP contribution < -0.4 is 11.1 Å². The second-order valence-electron chi connectivity index (χ2n) is 6.28. The van der Waals surface area contributed by atoms with E-state index in [1.807, 2.05) is 6.26 Å². The first-order valence-corrected chi connectivity index (χ1v) is 10.3. The fraction of sp³-hybridized carbons (Fsp3) is 0.250. The largest absolute Gasteiger partial charge is 0.459 e. The maximum atomic E-state index is 12.5. The summed E-state index contributed by atoms with van der Waals surface area (Å²) in [5, 5.41) is 13.5. The van der Waals surface area contributed by atoms with Crippen LogP contribution in [0.5, 0.6) is 0 Å². The van der Waals surface area contributed by atoms with Crippen LogP contribution in [0.1, 0.15) is 32.7 Å². The molecular weight excluding hydrogens is 410 g/mol. The lowest BCUT2D eigenvalue weighted by atomic mass is 10.1. The summed E-state index contributed by atoms with van der Waals surface area (Å²) in [6.07, 6.45) is 2.20. The lowest BCUT2D eigenvalue weighted by molar-refractivity contribution is -0.384. The number of rotatable bonds is 10. The number of carbonyl (C=O) groups excluding carboxylic acids is 3. The van der Waals surface area contributed by atoms with Crippen molar-refractivity contribution in [3.8, 4) is 0 Å². The Hall–Kier alpha value is -3.40. The molecule has 2 rings (SSSR count). The number of hydrogen-bond acceptors (Lipinski definition) is 7. The highest BCUT2D eigenvalue weighted by Gasteiger charge is 2.23. The molecular formula is C20H21N3O6S. The van der Waals surface area contributed by atoms with E-state index in [0.717, 1.165) is 6.07 Å². The zero-order valence-electron chi connectivity index (χ0n) is 16.2. The Bertz CT molecular complexity index is 932. The number of nitro benzene ring substituents is 1. The lowest BCUT2D eigenvalue weighted by Crippen LogP contribution is -2.42. The quantitative estimate of drug-likeness (QED) is 0.334. The average molecular weight is 431 g/mol. The summed E-state index contributed by atoms with van der Waals surface area (Å²) in [4.78, 5) is 46.4. The number of nitro groups is 1. The summed E-state index contributed by atoms with van der Waals surface area (Å²) in [5.74, 6) is -1.18. The topological polar surface area (TPSA) is 142 Å². The molecule has 0 aliphatic rings. The van der Waals surface area contributed by atoms with Crippen molar-refractivity contribution in [1.29, 1.82) is 0 Å². The standard InChI is InChI=1S/C20H21N3O6S/c1-30-10-9-17(22-19(25)15-3-2-4-16(11-15)23(27)28)20(26)29-12-13-5-7-14(8-6-13)18(21)24/h2-8,11,17H,9-10,12H2,1H3,(H2,21,24)(H,22,25). The van der Waals surface area contributed by atoms with Crippen molar-refractivity contribution in [1.82, 2.24) is 5.32 Å². The number of nitrogens with two attached hydrogens (primary N) is 1. The third kappa shape index (κ3) is 6.59. The zero-order chi connectivity index (χ0) is 22.1. The number of thioether (sulfide) groups is 1. The van der Waals surface area contributed by atoms with Gasteiger partial charge in [-0.1, -0.05) is 18.2 Å². The fourth-order valence-electron chi connectivity index (χ4n) is 2.51. The maximum absolute atomic E-state index is 12.5. The van der Waals surface area contributed by atoms with Crippen LogP contribution in [-0.4, -0.2) is 40.8 Å². The van der Waals surface area contributed by atoms with Gasteiger partial charge in [0.2, 0.25) is 5.91 Å². The van der Waals surface area contributed by atoms with Gasteiger partial charge in [-0.05, 0) is 42.2 Å². The molecule has 10 heteroatoms. The second-order valence-corrected chi connectivity index (χ2v) is 7.27. The van der Waals surface area contributed by atoms with Gasteiger partial charge in [-0.2, -0.15) is 11.8 Å². The van der Waals surface area contributed by atoms with Gasteiger partial charge in [0.05, 0.1) is 4.92 Å². The highest BCUT2D eigenvalue weighted by atomic mass is 32.2. The van der Waals surface area contributed by atoms with Crippen molar-refractivity contribution in [2.75, 3.05) is 12.0 Å². The normalized spacial score (nSPS) is 11.4. The summed E-state index contributed by atoms with van der Waals surface area (Å²) in [6.45, 7) is -0.0413. The molecule has 30 heavy (non-hydrogen) atoms. The van der Waals surface area contributed by atoms with Crippen LogP contribution in [-0.2, 0) is 16.1 Å². The monoisotopic (exact) mass is 431 g/mol. The Morgan fingerprint density at radius 2 is 1.87 bits per heavy atom. The van der Waals surface area contributed by atoms with E-state index in [-0.39, 0.29) is 17.9 Å². The fourth-order valence-corrected chi connectivity index (χ4v) is 2.98. The number of primary amides is 1. The highest BCUT2D eigenvalue weighted by Crippen LogP contribution is 2.14. The average Bonchev–Trinajstić information content (AvgIpc) is 2.75. The molecule has 0 radical (unpaired) electrons. The number of nitrogens with zero attached hydrogens (tertiary/aromatic N) is 1. The molecule has 0 aliphatic carbocycles. The van der Waals surface area contributed by atoms with Crippen molar-refractivity contribution in [2.24, 2.45) is 5.73 Å². The molecule has 158 valence electrons. The molecule has 0 heterocycles. The third-order valence-corrected chi connectivity index (χ3v) is 4.78. The number of amides is 2. The smallest absolute Gasteiger partial charge is 0.329 e. The van der Waals surface area contributed by atoms with Crippen LogP contribution in [0.15, 0.2) is 48.5 Å². The highest BCUT2D eigenvalue weighted by molar-refractivity contribution is 7.98. The van der Waals surface area contributed by atoms with Crippen LogP contribution in [0.3, 0.4) is 0 Å². The van der Waals surface area contributed by atoms with Gasteiger partial charge in [0.1, 0.15) is 12.6 Å². The molecule has 0 saturated carbocycles. The Kier molecular flexibility index (Phi) is 8.36. The van der Waals surface area contributed by atoms with Crippen LogP contribution in [0.4, 0.5) is 5.69 Å². The summed E-state index contributed by atoms with van der Waals surface area (Å²) < 4.78 is 5.30. The summed E-state index contributed by atoms with van der Waals surface area (Å²) >= 11 is 1.50. The lowest BCUT2D eigenvalue weighted by Gasteiger charge is -2.17. The van der Waals surface area contributed by atoms with E-state index in [2.05, 4.69) is 5.32 Å². The van der Waals surface area contributed by atoms with E-state index in [9.17, 15) is 24.5 Å². The molecule has 0 spiro atoms. The Morgan fingerprint density at radius 3 is 2.47 bits per heavy atom. The van der Waals surface area contributed by atoms with Crippen molar-refractivity contribution in [3.05, 3.63) is 75.3 Å². The minimum atomic E-state index is -0.908. The van der Waals surface area contributed by atoms with E-state index in [1.165, 1.54) is 42.1 Å². The van der Waals surface area contributed by atoms with Gasteiger partial charge in [0.25, 0.3) is 11.6 Å².